The number of primary amides is 1. The number of nitrogens with two attached hydrogens (primary N) is 1. The molecule has 0 heterocycles. The molecule has 1 fully saturated rings. The van der Waals surface area contributed by atoms with E-state index in [9.17, 15) is 32.7 Å². The first-order valence-corrected chi connectivity index (χ1v) is 14.2. The van der Waals surface area contributed by atoms with Crippen LogP contribution in [0, 0.1) is 12.8 Å². The number of benzene rings is 2. The Kier molecular flexibility index (Phi) is 13.6. The van der Waals surface area contributed by atoms with Gasteiger partial charge in [-0.25, -0.2) is 9.59 Å². The van der Waals surface area contributed by atoms with Crippen LogP contribution in [-0.2, 0) is 20.9 Å². The molecular formula is C31H40F3N3O6. The zero-order chi connectivity index (χ0) is 32.2. The lowest BCUT2D eigenvalue weighted by molar-refractivity contribution is -0.192. The Morgan fingerprint density at radius 1 is 1.02 bits per heavy atom. The molecule has 1 aliphatic carbocycles. The van der Waals surface area contributed by atoms with Gasteiger partial charge in [0.1, 0.15) is 6.04 Å². The number of nitrogens with zero attached hydrogens (tertiary/aromatic N) is 1. The number of amides is 2. The predicted octanol–water partition coefficient (Wildman–Crippen LogP) is 5.15. The zero-order valence-corrected chi connectivity index (χ0v) is 24.5. The number of rotatable bonds is 12. The van der Waals surface area contributed by atoms with Crippen molar-refractivity contribution in [1.82, 2.24) is 10.2 Å². The number of hydrogen-bond acceptors (Lipinski definition) is 5. The van der Waals surface area contributed by atoms with E-state index in [2.05, 4.69) is 17.3 Å². The number of aryl methyl sites for hydroxylation is 1. The normalized spacial score (nSPS) is 14.4. The van der Waals surface area contributed by atoms with E-state index in [1.165, 1.54) is 38.5 Å². The van der Waals surface area contributed by atoms with Gasteiger partial charge >= 0.3 is 18.1 Å². The minimum absolute atomic E-state index is 0.0556. The van der Waals surface area contributed by atoms with Crippen LogP contribution in [0.15, 0.2) is 42.5 Å². The zero-order valence-electron chi connectivity index (χ0n) is 24.5. The number of carbonyl (C=O) groups is 4. The maximum absolute atomic E-state index is 13.2. The molecular weight excluding hydrogens is 567 g/mol. The molecule has 1 saturated carbocycles. The summed E-state index contributed by atoms with van der Waals surface area (Å²) >= 11 is 0. The fraction of sp³-hybridized carbons (Fsp3) is 0.484. The largest absolute Gasteiger partial charge is 0.490 e. The molecule has 0 saturated heterocycles. The van der Waals surface area contributed by atoms with Crippen molar-refractivity contribution in [1.29, 1.82) is 0 Å². The maximum atomic E-state index is 13.2. The van der Waals surface area contributed by atoms with Gasteiger partial charge in [0.25, 0.3) is 5.91 Å². The number of alkyl halides is 3. The van der Waals surface area contributed by atoms with Crippen LogP contribution in [0.5, 0.6) is 0 Å². The van der Waals surface area contributed by atoms with Crippen molar-refractivity contribution in [2.45, 2.75) is 77.1 Å². The Labute approximate surface area is 249 Å². The summed E-state index contributed by atoms with van der Waals surface area (Å²) in [5.41, 5.74) is 9.39. The van der Waals surface area contributed by atoms with E-state index >= 15 is 0 Å². The number of nitrogens with one attached hydrogen (secondary N) is 1. The van der Waals surface area contributed by atoms with Gasteiger partial charge in [-0.3, -0.25) is 9.59 Å². The second-order valence-electron chi connectivity index (χ2n) is 10.9. The Bertz CT molecular complexity index is 1260. The molecule has 9 nitrogen and oxygen atoms in total. The van der Waals surface area contributed by atoms with Gasteiger partial charge in [-0.15, -0.1) is 0 Å². The monoisotopic (exact) mass is 607 g/mol. The van der Waals surface area contributed by atoms with Crippen LogP contribution in [0.25, 0.3) is 11.1 Å². The Morgan fingerprint density at radius 2 is 1.65 bits per heavy atom. The van der Waals surface area contributed by atoms with Gasteiger partial charge < -0.3 is 26.2 Å². The maximum Gasteiger partial charge on any atom is 0.490 e. The first-order chi connectivity index (χ1) is 20.2. The number of carboxylic acids is 2. The quantitative estimate of drug-likeness (QED) is 0.261. The van der Waals surface area contributed by atoms with Crippen LogP contribution in [0.2, 0.25) is 0 Å². The molecule has 43 heavy (non-hydrogen) atoms. The van der Waals surface area contributed by atoms with Gasteiger partial charge in [-0.2, -0.15) is 13.2 Å². The van der Waals surface area contributed by atoms with Crippen molar-refractivity contribution in [2.75, 3.05) is 13.6 Å². The van der Waals surface area contributed by atoms with Gasteiger partial charge in [-0.1, -0.05) is 62.4 Å². The summed E-state index contributed by atoms with van der Waals surface area (Å²) in [7, 11) is 2.13. The number of hydrogen-bond donors (Lipinski definition) is 4. The van der Waals surface area contributed by atoms with Crippen LogP contribution >= 0.6 is 0 Å². The summed E-state index contributed by atoms with van der Waals surface area (Å²) in [5.74, 6) is -4.22. The molecule has 3 rings (SSSR count). The van der Waals surface area contributed by atoms with Crippen LogP contribution in [0.1, 0.15) is 72.9 Å². The molecule has 0 aromatic heterocycles. The second kappa shape index (κ2) is 16.6. The van der Waals surface area contributed by atoms with Crippen molar-refractivity contribution >= 4 is 23.8 Å². The van der Waals surface area contributed by atoms with Crippen LogP contribution in [0.4, 0.5) is 13.2 Å². The second-order valence-corrected chi connectivity index (χ2v) is 10.9. The minimum atomic E-state index is -5.08. The first kappa shape index (κ1) is 35.3. The lowest BCUT2D eigenvalue weighted by Gasteiger charge is -2.25. The first-order valence-electron chi connectivity index (χ1n) is 14.2. The highest BCUT2D eigenvalue weighted by Gasteiger charge is 2.38. The fourth-order valence-electron chi connectivity index (χ4n) is 5.04. The molecule has 2 aromatic rings. The summed E-state index contributed by atoms with van der Waals surface area (Å²) < 4.78 is 31.7. The van der Waals surface area contributed by atoms with E-state index < -0.39 is 36.0 Å². The van der Waals surface area contributed by atoms with Crippen LogP contribution < -0.4 is 11.1 Å². The van der Waals surface area contributed by atoms with Crippen molar-refractivity contribution in [2.24, 2.45) is 11.7 Å². The molecule has 0 bridgehead atoms. The summed E-state index contributed by atoms with van der Waals surface area (Å²) in [6, 6.07) is 12.4. The van der Waals surface area contributed by atoms with Crippen molar-refractivity contribution < 1.29 is 42.6 Å². The van der Waals surface area contributed by atoms with E-state index in [4.69, 9.17) is 15.6 Å². The van der Waals surface area contributed by atoms with E-state index in [-0.39, 0.29) is 12.8 Å². The Balaban J connectivity index is 0.000000821. The van der Waals surface area contributed by atoms with E-state index in [0.29, 0.717) is 5.56 Å². The molecule has 0 spiro atoms. The Morgan fingerprint density at radius 3 is 2.21 bits per heavy atom. The molecule has 5 N–H and O–H groups in total. The molecule has 1 atom stereocenters. The van der Waals surface area contributed by atoms with E-state index in [1.807, 2.05) is 43.3 Å². The highest BCUT2D eigenvalue weighted by Crippen LogP contribution is 2.30. The van der Waals surface area contributed by atoms with Gasteiger partial charge in [0.15, 0.2) is 0 Å². The third-order valence-electron chi connectivity index (χ3n) is 7.39. The van der Waals surface area contributed by atoms with Gasteiger partial charge in [0.05, 0.1) is 0 Å². The molecule has 236 valence electrons. The molecule has 0 aliphatic heterocycles. The van der Waals surface area contributed by atoms with Crippen LogP contribution in [-0.4, -0.2) is 64.7 Å². The van der Waals surface area contributed by atoms with Crippen molar-refractivity contribution in [3.63, 3.8) is 0 Å². The average molecular weight is 608 g/mol. The summed E-state index contributed by atoms with van der Waals surface area (Å²) in [6.45, 7) is 3.80. The summed E-state index contributed by atoms with van der Waals surface area (Å²) in [5, 5.41) is 19.2. The molecule has 2 aromatic carbocycles. The third-order valence-corrected chi connectivity index (χ3v) is 7.39. The highest BCUT2D eigenvalue weighted by molar-refractivity contribution is 6.02. The average Bonchev–Trinajstić information content (AvgIpc) is 2.94. The van der Waals surface area contributed by atoms with E-state index in [1.54, 1.807) is 6.07 Å². The number of halogens is 3. The molecule has 0 radical (unpaired) electrons. The number of carbonyl (C=O) groups excluding carboxylic acids is 2. The third kappa shape index (κ3) is 12.1. The van der Waals surface area contributed by atoms with Gasteiger partial charge in [-0.05, 0) is 73.7 Å². The highest BCUT2D eigenvalue weighted by atomic mass is 19.4. The standard InChI is InChI=1S/C29H39N3O4.C2HF3O2/c1-20-8-6-7-11-23(20)25-18-22(19-32(2)17-16-21-9-4-3-5-10-21)12-13-24(25)28(34)31-26(29(35)36)14-15-27(30)33;3-2(4,5)1(6)7/h6-8,11-13,18,21,26H,3-5,9-10,14-17,19H2,1-2H3,(H2,30,33)(H,31,34)(H,35,36);(H,6,7)/t26-;/m0./s1. The van der Waals surface area contributed by atoms with Crippen LogP contribution in [0.3, 0.4) is 0 Å². The minimum Gasteiger partial charge on any atom is -0.480 e. The Hall–Kier alpha value is -3.93. The smallest absolute Gasteiger partial charge is 0.480 e. The predicted molar refractivity (Wildman–Crippen MR) is 155 cm³/mol. The lowest BCUT2D eigenvalue weighted by atomic mass is 9.87. The molecule has 2 amide bonds. The molecule has 1 aliphatic rings. The van der Waals surface area contributed by atoms with Crippen molar-refractivity contribution in [3.8, 4) is 11.1 Å². The number of carboxylic acid groups (broad SMARTS) is 2. The SMILES string of the molecule is Cc1ccccc1-c1cc(CN(C)CCC2CCCCC2)ccc1C(=O)N[C@@H](CCC(N)=O)C(=O)O.O=C(O)C(F)(F)F. The molecule has 12 heteroatoms. The van der Waals surface area contributed by atoms with Crippen molar-refractivity contribution in [3.05, 3.63) is 59.2 Å². The molecule has 0 unspecified atom stereocenters. The van der Waals surface area contributed by atoms with Gasteiger partial charge in [0.2, 0.25) is 5.91 Å². The summed E-state index contributed by atoms with van der Waals surface area (Å²) in [6.07, 6.45) is 2.70. The topological polar surface area (TPSA) is 150 Å². The van der Waals surface area contributed by atoms with Gasteiger partial charge in [0, 0.05) is 18.5 Å². The fourth-order valence-corrected chi connectivity index (χ4v) is 5.04. The lowest BCUT2D eigenvalue weighted by Crippen LogP contribution is -2.41. The number of aliphatic carboxylic acids is 2. The van der Waals surface area contributed by atoms with E-state index in [0.717, 1.165) is 41.3 Å². The summed E-state index contributed by atoms with van der Waals surface area (Å²) in [4.78, 5) is 47.2.